The molecule has 0 aromatic heterocycles. The van der Waals surface area contributed by atoms with E-state index in [9.17, 15) is 14.4 Å². The molecular formula is C34H58N2O6Si. The lowest BCUT2D eigenvalue weighted by atomic mass is 9.99. The summed E-state index contributed by atoms with van der Waals surface area (Å²) in [5, 5.41) is 0. The van der Waals surface area contributed by atoms with Crippen LogP contribution in [0.1, 0.15) is 102 Å². The van der Waals surface area contributed by atoms with Crippen molar-refractivity contribution in [3.63, 3.8) is 0 Å². The molecule has 0 spiro atoms. The average molecular weight is 619 g/mol. The Morgan fingerprint density at radius 3 is 2.30 bits per heavy atom. The van der Waals surface area contributed by atoms with Crippen LogP contribution in [0.2, 0.25) is 25.7 Å². The van der Waals surface area contributed by atoms with Crippen molar-refractivity contribution in [2.75, 3.05) is 19.9 Å². The van der Waals surface area contributed by atoms with E-state index in [0.29, 0.717) is 30.9 Å². The van der Waals surface area contributed by atoms with Gasteiger partial charge in [-0.2, -0.15) is 0 Å². The Morgan fingerprint density at radius 2 is 1.65 bits per heavy atom. The number of carbonyl (C=O) groups is 3. The number of nitrogens with zero attached hydrogens (tertiary/aromatic N) is 1. The fourth-order valence-electron chi connectivity index (χ4n) is 5.41. The summed E-state index contributed by atoms with van der Waals surface area (Å²) in [6, 6.07) is 7.61. The maximum Gasteiger partial charge on any atom is 0.329 e. The zero-order valence-corrected chi connectivity index (χ0v) is 28.7. The van der Waals surface area contributed by atoms with Crippen LogP contribution in [0.5, 0.6) is 5.75 Å². The summed E-state index contributed by atoms with van der Waals surface area (Å²) in [6.45, 7) is 14.2. The molecule has 1 aliphatic heterocycles. The van der Waals surface area contributed by atoms with Crippen molar-refractivity contribution in [2.24, 2.45) is 17.6 Å². The summed E-state index contributed by atoms with van der Waals surface area (Å²) in [6.07, 6.45) is 10.1. The molecule has 8 nitrogen and oxygen atoms in total. The Balaban J connectivity index is 2.02. The fourth-order valence-corrected chi connectivity index (χ4v) is 6.16. The van der Waals surface area contributed by atoms with E-state index < -0.39 is 14.1 Å². The third-order valence-electron chi connectivity index (χ3n) is 8.27. The van der Waals surface area contributed by atoms with E-state index in [1.54, 1.807) is 17.0 Å². The SMILES string of the molecule is CCCCCC[C@H](CCCCC[C@@H](C)C(N)=O)OC(=O)[C@@H]1C[C@@H](C)CN1C(=O)c1ccccc1OCOCC[Si](C)(C)C. The predicted octanol–water partition coefficient (Wildman–Crippen LogP) is 7.18. The first-order chi connectivity index (χ1) is 20.4. The Labute approximate surface area is 261 Å². The van der Waals surface area contributed by atoms with Crippen LogP contribution in [-0.2, 0) is 19.1 Å². The number of ether oxygens (including phenoxy) is 3. The molecule has 0 saturated carbocycles. The maximum absolute atomic E-state index is 13.8. The van der Waals surface area contributed by atoms with Gasteiger partial charge in [0, 0.05) is 27.1 Å². The number of nitrogens with two attached hydrogens (primary N) is 1. The van der Waals surface area contributed by atoms with Crippen LogP contribution in [0.4, 0.5) is 0 Å². The topological polar surface area (TPSA) is 108 Å². The number of para-hydroxylation sites is 1. The standard InChI is InChI=1S/C34H58N2O6Si/c1-7-8-9-12-17-28(18-13-10-11-16-27(3)32(35)37)42-34(39)30-23-26(2)24-36(30)33(38)29-19-14-15-20-31(29)41-25-40-21-22-43(4,5)6/h14-15,19-20,26-28,30H,7-13,16-18,21-25H2,1-6H3,(H2,35,37)/t26-,27-,28-,30+/m1/s1. The van der Waals surface area contributed by atoms with Gasteiger partial charge in [-0.25, -0.2) is 4.79 Å². The van der Waals surface area contributed by atoms with Crippen molar-refractivity contribution in [3.8, 4) is 5.75 Å². The first kappa shape index (κ1) is 36.8. The second-order valence-corrected chi connectivity index (χ2v) is 19.3. The zero-order chi connectivity index (χ0) is 31.8. The number of benzene rings is 1. The molecule has 0 bridgehead atoms. The van der Waals surface area contributed by atoms with Crippen LogP contribution in [0, 0.1) is 11.8 Å². The minimum atomic E-state index is -1.20. The van der Waals surface area contributed by atoms with Gasteiger partial charge in [0.1, 0.15) is 17.9 Å². The lowest BCUT2D eigenvalue weighted by Crippen LogP contribution is -2.42. The van der Waals surface area contributed by atoms with Crippen molar-refractivity contribution in [1.82, 2.24) is 4.90 Å². The number of amides is 2. The van der Waals surface area contributed by atoms with Gasteiger partial charge >= 0.3 is 5.97 Å². The molecular weight excluding hydrogens is 560 g/mol. The second-order valence-electron chi connectivity index (χ2n) is 13.6. The molecule has 2 N–H and O–H groups in total. The van der Waals surface area contributed by atoms with Crippen LogP contribution in [0.25, 0.3) is 0 Å². The third kappa shape index (κ3) is 13.8. The van der Waals surface area contributed by atoms with Gasteiger partial charge in [0.25, 0.3) is 5.91 Å². The highest BCUT2D eigenvalue weighted by atomic mass is 28.3. The molecule has 0 radical (unpaired) electrons. The summed E-state index contributed by atoms with van der Waals surface area (Å²) in [7, 11) is -1.20. The molecule has 2 rings (SSSR count). The van der Waals surface area contributed by atoms with Crippen molar-refractivity contribution in [3.05, 3.63) is 29.8 Å². The Kier molecular flexibility index (Phi) is 16.3. The smallest absolute Gasteiger partial charge is 0.329 e. The minimum Gasteiger partial charge on any atom is -0.467 e. The van der Waals surface area contributed by atoms with E-state index >= 15 is 0 Å². The molecule has 1 aromatic rings. The van der Waals surface area contributed by atoms with E-state index in [2.05, 4.69) is 33.5 Å². The monoisotopic (exact) mass is 618 g/mol. The molecule has 43 heavy (non-hydrogen) atoms. The number of carbonyl (C=O) groups excluding carboxylic acids is 3. The molecule has 1 fully saturated rings. The van der Waals surface area contributed by atoms with Gasteiger partial charge in [-0.05, 0) is 62.6 Å². The van der Waals surface area contributed by atoms with Gasteiger partial charge < -0.3 is 24.8 Å². The van der Waals surface area contributed by atoms with Crippen LogP contribution in [-0.4, -0.2) is 62.8 Å². The fraction of sp³-hybridized carbons (Fsp3) is 0.735. The van der Waals surface area contributed by atoms with E-state index in [4.69, 9.17) is 19.9 Å². The summed E-state index contributed by atoms with van der Waals surface area (Å²) in [5.41, 5.74) is 5.82. The molecule has 1 saturated heterocycles. The van der Waals surface area contributed by atoms with Gasteiger partial charge in [-0.1, -0.05) is 84.6 Å². The predicted molar refractivity (Wildman–Crippen MR) is 175 cm³/mol. The largest absolute Gasteiger partial charge is 0.467 e. The number of rotatable bonds is 21. The van der Waals surface area contributed by atoms with Gasteiger partial charge in [0.15, 0.2) is 6.79 Å². The lowest BCUT2D eigenvalue weighted by molar-refractivity contribution is -0.154. The molecule has 0 aliphatic carbocycles. The molecule has 1 aliphatic rings. The number of unbranched alkanes of at least 4 members (excludes halogenated alkanes) is 5. The molecule has 9 heteroatoms. The minimum absolute atomic E-state index is 0.0812. The number of hydrogen-bond donors (Lipinski definition) is 1. The highest BCUT2D eigenvalue weighted by Crippen LogP contribution is 2.30. The summed E-state index contributed by atoms with van der Waals surface area (Å²) in [5.74, 6) is -0.247. The zero-order valence-electron chi connectivity index (χ0n) is 27.7. The third-order valence-corrected chi connectivity index (χ3v) is 9.97. The van der Waals surface area contributed by atoms with Crippen LogP contribution < -0.4 is 10.5 Å². The van der Waals surface area contributed by atoms with Crippen LogP contribution in [0.3, 0.4) is 0 Å². The first-order valence-corrected chi connectivity index (χ1v) is 20.2. The Bertz CT molecular complexity index is 997. The average Bonchev–Trinajstić information content (AvgIpc) is 3.35. The normalized spacial score (nSPS) is 18.3. The van der Waals surface area contributed by atoms with E-state index in [1.807, 2.05) is 19.1 Å². The number of esters is 1. The van der Waals surface area contributed by atoms with Crippen molar-refractivity contribution >= 4 is 25.9 Å². The molecule has 4 atom stereocenters. The molecule has 0 unspecified atom stereocenters. The number of primary amides is 1. The van der Waals surface area contributed by atoms with Crippen LogP contribution >= 0.6 is 0 Å². The van der Waals surface area contributed by atoms with E-state index in [0.717, 1.165) is 63.8 Å². The van der Waals surface area contributed by atoms with Crippen LogP contribution in [0.15, 0.2) is 24.3 Å². The Hall–Kier alpha value is -2.39. The lowest BCUT2D eigenvalue weighted by Gasteiger charge is -2.27. The second kappa shape index (κ2) is 19.1. The van der Waals surface area contributed by atoms with Gasteiger partial charge in [0.2, 0.25) is 5.91 Å². The van der Waals surface area contributed by atoms with Gasteiger partial charge in [-0.15, -0.1) is 0 Å². The van der Waals surface area contributed by atoms with Crippen molar-refractivity contribution in [1.29, 1.82) is 0 Å². The number of hydrogen-bond acceptors (Lipinski definition) is 6. The Morgan fingerprint density at radius 1 is 1.00 bits per heavy atom. The number of likely N-dealkylation sites (tertiary alicyclic amines) is 1. The summed E-state index contributed by atoms with van der Waals surface area (Å²) >= 11 is 0. The van der Waals surface area contributed by atoms with Crippen molar-refractivity contribution in [2.45, 2.75) is 129 Å². The highest BCUT2D eigenvalue weighted by Gasteiger charge is 2.40. The summed E-state index contributed by atoms with van der Waals surface area (Å²) in [4.78, 5) is 40.4. The van der Waals surface area contributed by atoms with E-state index in [-0.39, 0.29) is 42.5 Å². The molecule has 1 heterocycles. The molecule has 244 valence electrons. The molecule has 2 amide bonds. The highest BCUT2D eigenvalue weighted by molar-refractivity contribution is 6.76. The van der Waals surface area contributed by atoms with Gasteiger partial charge in [0.05, 0.1) is 5.56 Å². The summed E-state index contributed by atoms with van der Waals surface area (Å²) < 4.78 is 17.7. The molecule has 1 aromatic carbocycles. The van der Waals surface area contributed by atoms with Crippen molar-refractivity contribution < 1.29 is 28.6 Å². The van der Waals surface area contributed by atoms with Gasteiger partial charge in [-0.3, -0.25) is 9.59 Å². The maximum atomic E-state index is 13.8. The van der Waals surface area contributed by atoms with E-state index in [1.165, 1.54) is 6.42 Å². The quantitative estimate of drug-likeness (QED) is 0.0677. The first-order valence-electron chi connectivity index (χ1n) is 16.5.